The Bertz CT molecular complexity index is 555. The minimum Gasteiger partial charge on any atom is -0.497 e. The Hall–Kier alpha value is -2.10. The topological polar surface area (TPSA) is 35.2 Å². The maximum atomic E-state index is 13.6. The second kappa shape index (κ2) is 4.41. The summed E-state index contributed by atoms with van der Waals surface area (Å²) in [5.41, 5.74) is 6.33. The maximum Gasteiger partial charge on any atom is 0.166 e. The highest BCUT2D eigenvalue weighted by Crippen LogP contribution is 2.29. The van der Waals surface area contributed by atoms with Crippen molar-refractivity contribution in [3.05, 3.63) is 48.0 Å². The van der Waals surface area contributed by atoms with Crippen LogP contribution in [0, 0.1) is 11.6 Å². The van der Waals surface area contributed by atoms with Gasteiger partial charge in [0.05, 0.1) is 7.11 Å². The normalized spacial score (nSPS) is 10.3. The van der Waals surface area contributed by atoms with Gasteiger partial charge in [-0.3, -0.25) is 0 Å². The molecule has 0 bridgehead atoms. The predicted octanol–water partition coefficient (Wildman–Crippen LogP) is 3.22. The summed E-state index contributed by atoms with van der Waals surface area (Å²) in [7, 11) is 1.51. The summed E-state index contributed by atoms with van der Waals surface area (Å²) < 4.78 is 31.9. The highest BCUT2D eigenvalue weighted by Gasteiger charge is 2.12. The van der Waals surface area contributed by atoms with Crippen LogP contribution in [0.2, 0.25) is 0 Å². The molecule has 0 atom stereocenters. The van der Waals surface area contributed by atoms with Crippen LogP contribution in [0.3, 0.4) is 0 Å². The Morgan fingerprint density at radius 2 is 1.88 bits per heavy atom. The summed E-state index contributed by atoms with van der Waals surface area (Å²) in [5.74, 6) is -1.29. The summed E-state index contributed by atoms with van der Waals surface area (Å²) in [6.45, 7) is 0. The van der Waals surface area contributed by atoms with Gasteiger partial charge in [0.15, 0.2) is 11.6 Å². The lowest BCUT2D eigenvalue weighted by Gasteiger charge is -2.07. The Balaban J connectivity index is 2.59. The summed E-state index contributed by atoms with van der Waals surface area (Å²) in [5, 5.41) is 0. The Labute approximate surface area is 97.6 Å². The minimum atomic E-state index is -0.956. The van der Waals surface area contributed by atoms with Crippen LogP contribution in [0.5, 0.6) is 5.75 Å². The van der Waals surface area contributed by atoms with Crippen molar-refractivity contribution in [3.63, 3.8) is 0 Å². The van der Waals surface area contributed by atoms with E-state index < -0.39 is 11.6 Å². The second-order valence-electron chi connectivity index (χ2n) is 3.60. The van der Waals surface area contributed by atoms with E-state index in [4.69, 9.17) is 10.5 Å². The van der Waals surface area contributed by atoms with Crippen molar-refractivity contribution in [2.75, 3.05) is 12.8 Å². The van der Waals surface area contributed by atoms with Gasteiger partial charge < -0.3 is 10.5 Å². The number of benzene rings is 2. The maximum absolute atomic E-state index is 13.6. The first-order valence-electron chi connectivity index (χ1n) is 5.01. The second-order valence-corrected chi connectivity index (χ2v) is 3.60. The lowest BCUT2D eigenvalue weighted by Crippen LogP contribution is -1.94. The standard InChI is InChI=1S/C13H11F2NO/c1-17-10-4-2-3-8(5-10)11-6-9(16)7-12(14)13(11)15/h2-7H,16H2,1H3. The van der Waals surface area contributed by atoms with Crippen LogP contribution in [0.4, 0.5) is 14.5 Å². The highest BCUT2D eigenvalue weighted by molar-refractivity contribution is 5.69. The van der Waals surface area contributed by atoms with Crippen molar-refractivity contribution in [1.82, 2.24) is 0 Å². The molecule has 0 aliphatic heterocycles. The Morgan fingerprint density at radius 3 is 2.59 bits per heavy atom. The highest BCUT2D eigenvalue weighted by atomic mass is 19.2. The zero-order valence-electron chi connectivity index (χ0n) is 9.21. The van der Waals surface area contributed by atoms with Gasteiger partial charge in [-0.1, -0.05) is 12.1 Å². The molecule has 2 aromatic carbocycles. The van der Waals surface area contributed by atoms with Gasteiger partial charge in [0.2, 0.25) is 0 Å². The molecule has 4 heteroatoms. The number of ether oxygens (including phenoxy) is 1. The monoisotopic (exact) mass is 235 g/mol. The summed E-state index contributed by atoms with van der Waals surface area (Å²) in [6.07, 6.45) is 0. The van der Waals surface area contributed by atoms with E-state index >= 15 is 0 Å². The lowest BCUT2D eigenvalue weighted by molar-refractivity contribution is 0.415. The van der Waals surface area contributed by atoms with Crippen molar-refractivity contribution >= 4 is 5.69 Å². The molecular formula is C13H11F2NO. The summed E-state index contributed by atoms with van der Waals surface area (Å²) >= 11 is 0. The van der Waals surface area contributed by atoms with Crippen LogP contribution < -0.4 is 10.5 Å². The van der Waals surface area contributed by atoms with E-state index in [1.807, 2.05) is 0 Å². The quantitative estimate of drug-likeness (QED) is 0.811. The van der Waals surface area contributed by atoms with Gasteiger partial charge in [-0.25, -0.2) is 8.78 Å². The summed E-state index contributed by atoms with van der Waals surface area (Å²) in [4.78, 5) is 0. The van der Waals surface area contributed by atoms with E-state index in [2.05, 4.69) is 0 Å². The molecule has 2 aromatic rings. The molecular weight excluding hydrogens is 224 g/mol. The van der Waals surface area contributed by atoms with Gasteiger partial charge in [0.1, 0.15) is 5.75 Å². The fourth-order valence-corrected chi connectivity index (χ4v) is 1.61. The molecule has 0 aliphatic carbocycles. The predicted molar refractivity (Wildman–Crippen MR) is 62.8 cm³/mol. The first kappa shape index (κ1) is 11.4. The number of halogens is 2. The third-order valence-corrected chi connectivity index (χ3v) is 2.43. The molecule has 17 heavy (non-hydrogen) atoms. The molecule has 0 heterocycles. The van der Waals surface area contributed by atoms with Gasteiger partial charge in [0.25, 0.3) is 0 Å². The minimum absolute atomic E-state index is 0.126. The molecule has 2 N–H and O–H groups in total. The van der Waals surface area contributed by atoms with Crippen LogP contribution in [0.15, 0.2) is 36.4 Å². The van der Waals surface area contributed by atoms with E-state index in [-0.39, 0.29) is 11.3 Å². The van der Waals surface area contributed by atoms with Crippen LogP contribution >= 0.6 is 0 Å². The molecule has 0 fully saturated rings. The van der Waals surface area contributed by atoms with Crippen molar-refractivity contribution in [2.24, 2.45) is 0 Å². The molecule has 0 saturated heterocycles. The third-order valence-electron chi connectivity index (χ3n) is 2.43. The number of nitrogens with two attached hydrogens (primary N) is 1. The molecule has 0 unspecified atom stereocenters. The number of anilines is 1. The number of rotatable bonds is 2. The molecule has 0 aromatic heterocycles. The largest absolute Gasteiger partial charge is 0.497 e. The molecule has 0 spiro atoms. The van der Waals surface area contributed by atoms with Crippen molar-refractivity contribution in [1.29, 1.82) is 0 Å². The number of methoxy groups -OCH3 is 1. The first-order valence-corrected chi connectivity index (χ1v) is 5.01. The van der Waals surface area contributed by atoms with Gasteiger partial charge in [-0.2, -0.15) is 0 Å². The van der Waals surface area contributed by atoms with E-state index in [0.29, 0.717) is 11.3 Å². The zero-order chi connectivity index (χ0) is 12.4. The molecule has 2 nitrogen and oxygen atoms in total. The van der Waals surface area contributed by atoms with Crippen molar-refractivity contribution < 1.29 is 13.5 Å². The van der Waals surface area contributed by atoms with Crippen LogP contribution in [-0.2, 0) is 0 Å². The smallest absolute Gasteiger partial charge is 0.166 e. The molecule has 0 amide bonds. The zero-order valence-corrected chi connectivity index (χ0v) is 9.21. The molecule has 2 rings (SSSR count). The van der Waals surface area contributed by atoms with Crippen molar-refractivity contribution in [3.8, 4) is 16.9 Å². The molecule has 0 saturated carbocycles. The van der Waals surface area contributed by atoms with Gasteiger partial charge >= 0.3 is 0 Å². The number of nitrogen functional groups attached to an aromatic ring is 1. The van der Waals surface area contributed by atoms with Crippen LogP contribution in [-0.4, -0.2) is 7.11 Å². The Kier molecular flexibility index (Phi) is 2.95. The van der Waals surface area contributed by atoms with E-state index in [1.165, 1.54) is 13.2 Å². The third kappa shape index (κ3) is 2.20. The molecule has 0 radical (unpaired) electrons. The van der Waals surface area contributed by atoms with E-state index in [1.54, 1.807) is 24.3 Å². The average Bonchev–Trinajstić information content (AvgIpc) is 2.34. The van der Waals surface area contributed by atoms with E-state index in [0.717, 1.165) is 6.07 Å². The van der Waals surface area contributed by atoms with Crippen LogP contribution in [0.1, 0.15) is 0 Å². The van der Waals surface area contributed by atoms with Crippen molar-refractivity contribution in [2.45, 2.75) is 0 Å². The lowest BCUT2D eigenvalue weighted by atomic mass is 10.0. The average molecular weight is 235 g/mol. The summed E-state index contributed by atoms with van der Waals surface area (Å²) in [6, 6.07) is 9.07. The number of hydrogen-bond donors (Lipinski definition) is 1. The SMILES string of the molecule is COc1cccc(-c2cc(N)cc(F)c2F)c1. The van der Waals surface area contributed by atoms with Gasteiger partial charge in [-0.05, 0) is 29.8 Å². The van der Waals surface area contributed by atoms with Crippen LogP contribution in [0.25, 0.3) is 11.1 Å². The fourth-order valence-electron chi connectivity index (χ4n) is 1.61. The molecule has 0 aliphatic rings. The Morgan fingerprint density at radius 1 is 1.12 bits per heavy atom. The first-order chi connectivity index (χ1) is 8.11. The van der Waals surface area contributed by atoms with Gasteiger partial charge in [0, 0.05) is 11.3 Å². The van der Waals surface area contributed by atoms with Gasteiger partial charge in [-0.15, -0.1) is 0 Å². The number of hydrogen-bond acceptors (Lipinski definition) is 2. The van der Waals surface area contributed by atoms with E-state index in [9.17, 15) is 8.78 Å². The molecule has 88 valence electrons. The fraction of sp³-hybridized carbons (Fsp3) is 0.0769.